The molecule has 20 heteroatoms. The number of aldehydes is 1. The van der Waals surface area contributed by atoms with Crippen LogP contribution >= 0.6 is 0 Å². The number of amides is 5. The molecule has 0 aromatic heterocycles. The minimum Gasteiger partial charge on any atom is -0.481 e. The fraction of sp³-hybridized carbons (Fsp3) is 0.710. The van der Waals surface area contributed by atoms with E-state index in [1.54, 1.807) is 20.8 Å². The molecular formula is C31H58N12O8. The number of nitrogens with one attached hydrogen (secondary N) is 5. The molecule has 0 aliphatic rings. The van der Waals surface area contributed by atoms with Crippen molar-refractivity contribution in [2.45, 2.75) is 116 Å². The van der Waals surface area contributed by atoms with E-state index in [0.717, 1.165) is 0 Å². The van der Waals surface area contributed by atoms with Crippen LogP contribution in [-0.4, -0.2) is 108 Å². The molecule has 0 bridgehead atoms. The average molecular weight is 727 g/mol. The maximum absolute atomic E-state index is 13.6. The van der Waals surface area contributed by atoms with Gasteiger partial charge in [0.15, 0.2) is 11.9 Å². The van der Waals surface area contributed by atoms with Crippen LogP contribution < -0.4 is 55.3 Å². The molecular weight excluding hydrogens is 668 g/mol. The van der Waals surface area contributed by atoms with Crippen LogP contribution in [-0.2, 0) is 33.6 Å². The fourth-order valence-corrected chi connectivity index (χ4v) is 4.55. The van der Waals surface area contributed by atoms with Gasteiger partial charge in [-0.2, -0.15) is 0 Å². The van der Waals surface area contributed by atoms with E-state index in [1.807, 2.05) is 6.92 Å². The molecule has 0 saturated heterocycles. The van der Waals surface area contributed by atoms with Crippen LogP contribution in [0.1, 0.15) is 79.6 Å². The lowest BCUT2D eigenvalue weighted by atomic mass is 9.96. The summed E-state index contributed by atoms with van der Waals surface area (Å²) in [6.07, 6.45) is 1.23. The van der Waals surface area contributed by atoms with Gasteiger partial charge in [-0.05, 0) is 44.4 Å². The van der Waals surface area contributed by atoms with Crippen molar-refractivity contribution in [3.63, 3.8) is 0 Å². The number of aliphatic carboxylic acids is 1. The number of hydrogen-bond donors (Lipinski definition) is 11. The van der Waals surface area contributed by atoms with Crippen molar-refractivity contribution in [3.8, 4) is 0 Å². The Morgan fingerprint density at radius 2 is 1.08 bits per heavy atom. The zero-order chi connectivity index (χ0) is 39.3. The highest BCUT2D eigenvalue weighted by Gasteiger charge is 2.35. The Kier molecular flexibility index (Phi) is 21.8. The Morgan fingerprint density at radius 1 is 0.647 bits per heavy atom. The molecule has 5 amide bonds. The first kappa shape index (κ1) is 46.0. The lowest BCUT2D eigenvalue weighted by Crippen LogP contribution is -2.60. The number of guanidine groups is 2. The largest absolute Gasteiger partial charge is 0.481 e. The van der Waals surface area contributed by atoms with E-state index in [0.29, 0.717) is 19.1 Å². The van der Waals surface area contributed by atoms with Gasteiger partial charge in [-0.3, -0.25) is 38.8 Å². The van der Waals surface area contributed by atoms with Gasteiger partial charge in [-0.15, -0.1) is 0 Å². The van der Waals surface area contributed by atoms with Gasteiger partial charge in [-0.1, -0.05) is 40.5 Å². The third-order valence-electron chi connectivity index (χ3n) is 8.09. The summed E-state index contributed by atoms with van der Waals surface area (Å²) in [6.45, 7) is 8.69. The second kappa shape index (κ2) is 24.2. The number of carboxylic acids is 1. The SMILES string of the molecule is CC[C@H](C)[C@H](NC(=O)[C@H](CCCN=C(N)N)NC(=O)[C@H](C)N)C(=O)N[C@@H](CC(=O)O)C(=O)N[C@@H](CCCN=C(N)N)C(=O)N[C@H](C=O)[C@@H](C)CC. The van der Waals surface area contributed by atoms with Gasteiger partial charge in [0, 0.05) is 13.1 Å². The minimum absolute atomic E-state index is 0.00254. The zero-order valence-corrected chi connectivity index (χ0v) is 30.1. The summed E-state index contributed by atoms with van der Waals surface area (Å²) < 4.78 is 0. The predicted octanol–water partition coefficient (Wildman–Crippen LogP) is -3.37. The van der Waals surface area contributed by atoms with Crippen LogP contribution in [0.4, 0.5) is 0 Å². The van der Waals surface area contributed by atoms with E-state index in [2.05, 4.69) is 36.6 Å². The summed E-state index contributed by atoms with van der Waals surface area (Å²) in [7, 11) is 0. The first-order chi connectivity index (χ1) is 23.9. The Bertz CT molecular complexity index is 1240. The third-order valence-corrected chi connectivity index (χ3v) is 8.09. The molecule has 16 N–H and O–H groups in total. The maximum Gasteiger partial charge on any atom is 0.305 e. The monoisotopic (exact) mass is 726 g/mol. The highest BCUT2D eigenvalue weighted by Crippen LogP contribution is 2.12. The van der Waals surface area contributed by atoms with Gasteiger partial charge in [0.05, 0.1) is 18.5 Å². The van der Waals surface area contributed by atoms with Crippen molar-refractivity contribution in [3.05, 3.63) is 0 Å². The molecule has 290 valence electrons. The predicted molar refractivity (Wildman–Crippen MR) is 190 cm³/mol. The first-order valence-corrected chi connectivity index (χ1v) is 16.9. The molecule has 8 atom stereocenters. The van der Waals surface area contributed by atoms with Gasteiger partial charge in [0.2, 0.25) is 29.5 Å². The van der Waals surface area contributed by atoms with E-state index in [9.17, 15) is 38.7 Å². The highest BCUT2D eigenvalue weighted by molar-refractivity contribution is 5.97. The zero-order valence-electron chi connectivity index (χ0n) is 30.1. The van der Waals surface area contributed by atoms with Crippen LogP contribution in [0.3, 0.4) is 0 Å². The molecule has 0 rings (SSSR count). The molecule has 0 aromatic carbocycles. The molecule has 0 aromatic rings. The quantitative estimate of drug-likeness (QED) is 0.0190. The molecule has 0 unspecified atom stereocenters. The molecule has 0 spiro atoms. The van der Waals surface area contributed by atoms with Gasteiger partial charge in [0.1, 0.15) is 30.5 Å². The van der Waals surface area contributed by atoms with Gasteiger partial charge in [0.25, 0.3) is 0 Å². The van der Waals surface area contributed by atoms with Crippen molar-refractivity contribution in [2.75, 3.05) is 13.1 Å². The fourth-order valence-electron chi connectivity index (χ4n) is 4.55. The van der Waals surface area contributed by atoms with Crippen LogP contribution in [0.5, 0.6) is 0 Å². The number of carbonyl (C=O) groups excluding carboxylic acids is 6. The van der Waals surface area contributed by atoms with Crippen LogP contribution in [0.25, 0.3) is 0 Å². The minimum atomic E-state index is -1.68. The molecule has 0 fully saturated rings. The summed E-state index contributed by atoms with van der Waals surface area (Å²) in [6, 6.07) is -7.16. The Morgan fingerprint density at radius 3 is 1.49 bits per heavy atom. The lowest BCUT2D eigenvalue weighted by Gasteiger charge is -2.29. The normalized spacial score (nSPS) is 15.5. The Balaban J connectivity index is 6.25. The summed E-state index contributed by atoms with van der Waals surface area (Å²) in [4.78, 5) is 97.4. The molecule has 0 radical (unpaired) electrons. The Labute approximate surface area is 298 Å². The Hall–Kier alpha value is -5.01. The second-order valence-corrected chi connectivity index (χ2v) is 12.4. The molecule has 20 nitrogen and oxygen atoms in total. The third kappa shape index (κ3) is 18.5. The van der Waals surface area contributed by atoms with Crippen molar-refractivity contribution < 1.29 is 38.7 Å². The number of nitrogens with zero attached hydrogens (tertiary/aromatic N) is 2. The molecule has 0 aliphatic carbocycles. The van der Waals surface area contributed by atoms with E-state index < -0.39 is 84.1 Å². The smallest absolute Gasteiger partial charge is 0.305 e. The number of carboxylic acid groups (broad SMARTS) is 1. The van der Waals surface area contributed by atoms with Crippen molar-refractivity contribution in [2.24, 2.45) is 50.5 Å². The van der Waals surface area contributed by atoms with E-state index in [4.69, 9.17) is 28.7 Å². The summed E-state index contributed by atoms with van der Waals surface area (Å²) >= 11 is 0. The lowest BCUT2D eigenvalue weighted by molar-refractivity contribution is -0.141. The van der Waals surface area contributed by atoms with E-state index >= 15 is 0 Å². The highest BCUT2D eigenvalue weighted by atomic mass is 16.4. The van der Waals surface area contributed by atoms with Crippen molar-refractivity contribution in [1.29, 1.82) is 0 Å². The van der Waals surface area contributed by atoms with Crippen molar-refractivity contribution >= 4 is 53.7 Å². The van der Waals surface area contributed by atoms with Crippen LogP contribution in [0.15, 0.2) is 9.98 Å². The standard InChI is InChI=1S/C31H58N12O8/c1-6-16(3)22(15-44)42-26(48)19(10-8-12-37-30(33)34)40-28(50)21(14-23(45)46)41-29(51)24(17(4)7-2)43-27(49)20(39-25(47)18(5)32)11-9-13-38-31(35)36/h15-22,24H,6-14,32H2,1-5H3,(H,39,47)(H,40,50)(H,41,51)(H,42,48)(H,43,49)(H,45,46)(H4,33,34,37)(H4,35,36,38)/t16-,17-,18-,19-,20-,21-,22+,24-/m0/s1. The second-order valence-electron chi connectivity index (χ2n) is 12.4. The topological polar surface area (TPSA) is 355 Å². The number of aliphatic imine (C=N–C) groups is 2. The van der Waals surface area contributed by atoms with E-state index in [-0.39, 0.29) is 56.6 Å². The molecule has 0 heterocycles. The van der Waals surface area contributed by atoms with E-state index in [1.165, 1.54) is 6.92 Å². The van der Waals surface area contributed by atoms with Crippen molar-refractivity contribution in [1.82, 2.24) is 26.6 Å². The average Bonchev–Trinajstić information content (AvgIpc) is 3.06. The van der Waals surface area contributed by atoms with Gasteiger partial charge >= 0.3 is 5.97 Å². The number of nitrogens with two attached hydrogens (primary N) is 5. The number of hydrogen-bond acceptors (Lipinski definition) is 10. The maximum atomic E-state index is 13.6. The molecule has 0 aliphatic heterocycles. The van der Waals surface area contributed by atoms with Crippen LogP contribution in [0, 0.1) is 11.8 Å². The summed E-state index contributed by atoms with van der Waals surface area (Å²) in [5, 5.41) is 22.2. The van der Waals surface area contributed by atoms with Gasteiger partial charge in [-0.25, -0.2) is 0 Å². The summed E-state index contributed by atoms with van der Waals surface area (Å²) in [5.41, 5.74) is 27.1. The molecule has 51 heavy (non-hydrogen) atoms. The van der Waals surface area contributed by atoms with Crippen LogP contribution in [0.2, 0.25) is 0 Å². The number of rotatable bonds is 25. The molecule has 0 saturated carbocycles. The summed E-state index contributed by atoms with van der Waals surface area (Å²) in [5.74, 6) is -6.49. The number of carbonyl (C=O) groups is 7. The first-order valence-electron chi connectivity index (χ1n) is 16.9. The van der Waals surface area contributed by atoms with Gasteiger partial charge < -0.3 is 65.2 Å².